The molecule has 0 fully saturated rings. The van der Waals surface area contributed by atoms with E-state index in [0.717, 1.165) is 33.4 Å². The number of hydrogen-bond donors (Lipinski definition) is 11. The summed E-state index contributed by atoms with van der Waals surface area (Å²) in [5.41, 5.74) is 22.6. The summed E-state index contributed by atoms with van der Waals surface area (Å²) in [6.07, 6.45) is 8.92. The Morgan fingerprint density at radius 1 is 0.383 bits per heavy atom. The average molecular weight is 1940 g/mol. The summed E-state index contributed by atoms with van der Waals surface area (Å²) in [7, 11) is 8.99. The normalized spacial score (nSPS) is 11.6. The number of aliphatic hydroxyl groups is 4. The maximum Gasteiger partial charge on any atom is 0.408 e. The van der Waals surface area contributed by atoms with Crippen LogP contribution < -0.4 is 57.0 Å². The minimum atomic E-state index is -0.611. The number of aromatic nitrogens is 6. The molecule has 734 valence electrons. The molecule has 0 spiro atoms. The zero-order valence-corrected chi connectivity index (χ0v) is 80.5. The van der Waals surface area contributed by atoms with Crippen molar-refractivity contribution in [1.29, 1.82) is 0 Å². The van der Waals surface area contributed by atoms with Crippen LogP contribution in [0.25, 0.3) is 32.7 Å². The first kappa shape index (κ1) is 107. The summed E-state index contributed by atoms with van der Waals surface area (Å²) in [4.78, 5) is 123. The molecule has 4 unspecified atom stereocenters. The number of esters is 2. The van der Waals surface area contributed by atoms with Crippen molar-refractivity contribution in [3.63, 3.8) is 0 Å². The first-order valence-corrected chi connectivity index (χ1v) is 45.7. The Hall–Kier alpha value is -15.7. The van der Waals surface area contributed by atoms with Crippen molar-refractivity contribution in [2.45, 2.75) is 115 Å². The van der Waals surface area contributed by atoms with Crippen LogP contribution >= 0.6 is 11.6 Å². The Bertz CT molecular complexity index is 6540. The summed E-state index contributed by atoms with van der Waals surface area (Å²) < 4.78 is 35.4. The van der Waals surface area contributed by atoms with Gasteiger partial charge in [-0.15, -0.1) is 0 Å². The largest absolute Gasteiger partial charge is 0.497 e. The van der Waals surface area contributed by atoms with Crippen molar-refractivity contribution in [3.05, 3.63) is 345 Å². The molecular weight excluding hydrogens is 1820 g/mol. The number of aliphatic hydroxyl groups excluding tert-OH is 4. The third-order valence-corrected chi connectivity index (χ3v) is 22.3. The SMILES string of the molecule is COC(=O)c1cccc2c(Cl)ncnc12.COC(=O)c1cccc2c(NC(CCCO)c3cccc(CC(=O)c4ccc(OC)cc4)c3)ncnc12.COc1ccc(C(=O)Cc2cccc(C(CCCO)Nc3ncnc4c(C(N)=O)cccc34)c2)cc1.COc1ccc(C(=O)Nc2cccc(C(CCCO)NC(=O)OC(C)(C)C)c2)cc1.COc1ccc(C(=O)Nc2cccc(C(N)CCCO)c2)cc1. The standard InChI is InChI=1S/C29H29N3O5.C28H28N4O4.C23H30N2O5.C18H22N2O3.C10H7ClN2O2/c1-36-22-13-11-20(12-14-22)26(34)17-19-6-3-7-21(16-19)25(10-5-15-33)32-28-23-8-4-9-24(29(35)37-2)27(23)30-18-31-28;1-36-21-12-10-19(11-13-21)25(34)16-18-5-2-6-20(15-18)24(9-4-14-33)32-28-23-8-3-7-22(27(29)35)26(23)30-17-31-28;1-23(2,3)30-22(28)25-20(9-6-14-26)17-7-5-8-18(15-17)24-21(27)16-10-12-19(29-4)13-11-16;1-23-16-9-7-13(8-10-16)18(22)20-15-5-2-4-14(12-15)17(19)6-3-11-21;1-15-10(14)7-4-2-3-6-8(7)12-5-13-9(6)11/h3-4,6-9,11-14,16,18,25,33H,5,10,15,17H2,1-2H3,(H,30,31,32);2-3,5-8,10-13,15,17,24,33H,4,9,14,16H2,1H3,(H2,29,35)(H,30,31,32);5,7-8,10-13,15,20,26H,6,9,14H2,1-4H3,(H,24,27)(H,25,28);2,4-5,7-10,12,17,21H,3,6,11,19H2,1H3,(H,20,22);2-5H,1H3. The number of benzene rings is 11. The number of primary amides is 1. The summed E-state index contributed by atoms with van der Waals surface area (Å²) in [6, 6.07) is 72.9. The number of alkyl carbamates (subject to hydrolysis) is 1. The lowest BCUT2D eigenvalue weighted by molar-refractivity contribution is 0.0496. The van der Waals surface area contributed by atoms with Gasteiger partial charge in [-0.1, -0.05) is 103 Å². The molecule has 0 saturated carbocycles. The van der Waals surface area contributed by atoms with E-state index in [1.54, 1.807) is 201 Å². The number of nitrogens with two attached hydrogens (primary N) is 2. The van der Waals surface area contributed by atoms with Gasteiger partial charge in [0, 0.05) is 95.1 Å². The van der Waals surface area contributed by atoms with Gasteiger partial charge in [0.25, 0.3) is 17.7 Å². The minimum Gasteiger partial charge on any atom is -0.497 e. The van der Waals surface area contributed by atoms with E-state index < -0.39 is 29.5 Å². The Morgan fingerprint density at radius 2 is 0.723 bits per heavy atom. The van der Waals surface area contributed by atoms with Crippen LogP contribution in [0.1, 0.15) is 202 Å². The van der Waals surface area contributed by atoms with Crippen LogP contribution in [-0.4, -0.2) is 172 Å². The lowest BCUT2D eigenvalue weighted by Crippen LogP contribution is -2.35. The molecule has 4 amide bonds. The van der Waals surface area contributed by atoms with Crippen molar-refractivity contribution in [2.24, 2.45) is 11.5 Å². The van der Waals surface area contributed by atoms with Crippen molar-refractivity contribution in [2.75, 3.05) is 90.4 Å². The third-order valence-electron chi connectivity index (χ3n) is 22.0. The smallest absolute Gasteiger partial charge is 0.408 e. The molecule has 3 heterocycles. The number of ketones is 2. The van der Waals surface area contributed by atoms with Gasteiger partial charge in [-0.2, -0.15) is 0 Å². The average Bonchev–Trinajstić information content (AvgIpc) is 0.786. The van der Waals surface area contributed by atoms with E-state index in [1.165, 1.54) is 33.2 Å². The van der Waals surface area contributed by atoms with Crippen LogP contribution in [0.15, 0.2) is 268 Å². The van der Waals surface area contributed by atoms with E-state index in [1.807, 2.05) is 97.1 Å². The molecule has 141 heavy (non-hydrogen) atoms. The Morgan fingerprint density at radius 3 is 1.12 bits per heavy atom. The number of fused-ring (bicyclic) bond motifs is 3. The highest BCUT2D eigenvalue weighted by atomic mass is 35.5. The molecule has 0 radical (unpaired) electrons. The molecule has 4 atom stereocenters. The Labute approximate surface area is 822 Å². The fourth-order valence-corrected chi connectivity index (χ4v) is 15.1. The van der Waals surface area contributed by atoms with E-state index >= 15 is 0 Å². The number of carbonyl (C=O) groups excluding carboxylic acids is 8. The number of ether oxygens (including phenoxy) is 7. The van der Waals surface area contributed by atoms with E-state index in [-0.39, 0.29) is 86.8 Å². The van der Waals surface area contributed by atoms with Gasteiger partial charge < -0.3 is 91.6 Å². The summed E-state index contributed by atoms with van der Waals surface area (Å²) in [5, 5.41) is 54.9. The second-order valence-electron chi connectivity index (χ2n) is 33.0. The van der Waals surface area contributed by atoms with Crippen molar-refractivity contribution < 1.29 is 91.9 Å². The molecule has 0 aliphatic heterocycles. The second kappa shape index (κ2) is 54.4. The quantitative estimate of drug-likeness (QED) is 0.00741. The predicted molar refractivity (Wildman–Crippen MR) is 542 cm³/mol. The highest BCUT2D eigenvalue weighted by Gasteiger charge is 2.25. The number of Topliss-reactive ketones (excluding diaryl/α,β-unsaturated/α-hetero) is 2. The lowest BCUT2D eigenvalue weighted by atomic mass is 9.96. The number of halogens is 1. The van der Waals surface area contributed by atoms with E-state index in [4.69, 9.17) is 56.6 Å². The fraction of sp³-hybridized carbons (Fsp3) is 0.259. The predicted octanol–water partition coefficient (Wildman–Crippen LogP) is 17.9. The number of carbonyl (C=O) groups is 8. The zero-order chi connectivity index (χ0) is 101. The maximum atomic E-state index is 12.9. The van der Waals surface area contributed by atoms with Crippen LogP contribution in [0.2, 0.25) is 5.15 Å². The van der Waals surface area contributed by atoms with Crippen molar-refractivity contribution in [1.82, 2.24) is 35.2 Å². The molecule has 0 aliphatic rings. The number of para-hydroxylation sites is 3. The molecule has 32 nitrogen and oxygen atoms in total. The van der Waals surface area contributed by atoms with Crippen LogP contribution in [0, 0.1) is 0 Å². The van der Waals surface area contributed by atoms with Gasteiger partial charge >= 0.3 is 18.0 Å². The number of nitrogens with zero attached hydrogens (tertiary/aromatic N) is 6. The second-order valence-corrected chi connectivity index (χ2v) is 33.3. The number of rotatable bonds is 38. The van der Waals surface area contributed by atoms with Gasteiger partial charge in [0.15, 0.2) is 11.6 Å². The van der Waals surface area contributed by atoms with Crippen LogP contribution in [-0.2, 0) is 27.1 Å². The van der Waals surface area contributed by atoms with E-state index in [0.29, 0.717) is 174 Å². The molecule has 0 bridgehead atoms. The Kier molecular flexibility index (Phi) is 41.4. The highest BCUT2D eigenvalue weighted by Crippen LogP contribution is 2.34. The van der Waals surface area contributed by atoms with Gasteiger partial charge in [-0.3, -0.25) is 24.0 Å². The molecular formula is C108H116ClN13O19. The van der Waals surface area contributed by atoms with Crippen LogP contribution in [0.3, 0.4) is 0 Å². The number of methoxy groups -OCH3 is 6. The number of anilines is 4. The molecule has 11 aromatic carbocycles. The monoisotopic (exact) mass is 1930 g/mol. The first-order chi connectivity index (χ1) is 68.1. The summed E-state index contributed by atoms with van der Waals surface area (Å²) >= 11 is 5.87. The van der Waals surface area contributed by atoms with Crippen molar-refractivity contribution >= 4 is 115 Å². The third kappa shape index (κ3) is 31.9. The zero-order valence-electron chi connectivity index (χ0n) is 79.7. The van der Waals surface area contributed by atoms with Crippen LogP contribution in [0.4, 0.5) is 27.8 Å². The van der Waals surface area contributed by atoms with Gasteiger partial charge in [0.1, 0.15) is 64.4 Å². The molecule has 14 aromatic rings. The molecule has 14 rings (SSSR count). The maximum absolute atomic E-state index is 12.9. The Balaban J connectivity index is 0.000000186. The molecule has 0 aliphatic carbocycles. The molecule has 13 N–H and O–H groups in total. The lowest BCUT2D eigenvalue weighted by Gasteiger charge is -2.24. The van der Waals surface area contributed by atoms with Gasteiger partial charge in [-0.05, 0) is 263 Å². The minimum absolute atomic E-state index is 0.00967. The van der Waals surface area contributed by atoms with E-state index in [2.05, 4.69) is 61.2 Å². The number of amides is 4. The summed E-state index contributed by atoms with van der Waals surface area (Å²) in [6.45, 7) is 5.62. The summed E-state index contributed by atoms with van der Waals surface area (Å²) in [5.74, 6) is 2.03. The van der Waals surface area contributed by atoms with Crippen molar-refractivity contribution in [3.8, 4) is 23.0 Å². The van der Waals surface area contributed by atoms with Crippen LogP contribution in [0.5, 0.6) is 23.0 Å². The number of nitrogens with one attached hydrogen (secondary N) is 5. The van der Waals surface area contributed by atoms with Gasteiger partial charge in [0.05, 0.1) is 94.0 Å². The van der Waals surface area contributed by atoms with Gasteiger partial charge in [-0.25, -0.2) is 44.3 Å². The number of hydrogen-bond acceptors (Lipinski definition) is 28. The molecule has 0 saturated heterocycles. The highest BCUT2D eigenvalue weighted by molar-refractivity contribution is 6.34. The molecule has 3 aromatic heterocycles. The topological polar surface area (TPSA) is 472 Å². The van der Waals surface area contributed by atoms with E-state index in [9.17, 15) is 53.7 Å². The fourth-order valence-electron chi connectivity index (χ4n) is 14.9. The first-order valence-electron chi connectivity index (χ1n) is 45.3. The molecule has 33 heteroatoms. The van der Waals surface area contributed by atoms with Gasteiger partial charge in [0.2, 0.25) is 0 Å².